The number of ether oxygens (including phenoxy) is 1. The second-order valence-electron chi connectivity index (χ2n) is 6.31. The highest BCUT2D eigenvalue weighted by atomic mass is 32.1. The maximum Gasteiger partial charge on any atom is 0.394 e. The van der Waals surface area contributed by atoms with Gasteiger partial charge in [-0.25, -0.2) is 9.59 Å². The molecule has 1 aromatic heterocycles. The van der Waals surface area contributed by atoms with E-state index in [-0.39, 0.29) is 42.0 Å². The SMILES string of the molecule is O=C1CCC(C(=O)NCC2Cc3c(sc(NC(=O)C(=O)O)c3C(=O)O)CO2)N1. The fourth-order valence-corrected chi connectivity index (χ4v) is 4.21. The summed E-state index contributed by atoms with van der Waals surface area (Å²) >= 11 is 0.947. The van der Waals surface area contributed by atoms with Gasteiger partial charge in [0.2, 0.25) is 11.8 Å². The first-order chi connectivity index (χ1) is 13.3. The van der Waals surface area contributed by atoms with Gasteiger partial charge >= 0.3 is 17.8 Å². The Balaban J connectivity index is 1.68. The zero-order valence-electron chi connectivity index (χ0n) is 14.4. The summed E-state index contributed by atoms with van der Waals surface area (Å²) in [7, 11) is 0. The van der Waals surface area contributed by atoms with Crippen molar-refractivity contribution in [2.24, 2.45) is 0 Å². The Morgan fingerprint density at radius 2 is 2.00 bits per heavy atom. The molecule has 0 saturated carbocycles. The average molecular weight is 411 g/mol. The van der Waals surface area contributed by atoms with Crippen LogP contribution in [0.15, 0.2) is 0 Å². The number of carbonyl (C=O) groups excluding carboxylic acids is 3. The fraction of sp³-hybridized carbons (Fsp3) is 0.438. The highest BCUT2D eigenvalue weighted by Crippen LogP contribution is 2.37. The van der Waals surface area contributed by atoms with Crippen molar-refractivity contribution in [1.82, 2.24) is 10.6 Å². The van der Waals surface area contributed by atoms with Crippen LogP contribution in [0.5, 0.6) is 0 Å². The molecule has 1 aromatic rings. The number of aromatic carboxylic acids is 1. The molecule has 150 valence electrons. The van der Waals surface area contributed by atoms with Gasteiger partial charge in [-0.15, -0.1) is 11.3 Å². The van der Waals surface area contributed by atoms with Crippen molar-refractivity contribution in [2.45, 2.75) is 38.0 Å². The van der Waals surface area contributed by atoms with E-state index in [1.54, 1.807) is 0 Å². The molecule has 0 radical (unpaired) electrons. The number of thiophene rings is 1. The van der Waals surface area contributed by atoms with Crippen molar-refractivity contribution < 1.29 is 38.9 Å². The molecule has 2 unspecified atom stereocenters. The maximum atomic E-state index is 12.1. The van der Waals surface area contributed by atoms with Gasteiger partial charge in [0.15, 0.2) is 0 Å². The molecule has 3 amide bonds. The molecule has 2 aliphatic heterocycles. The van der Waals surface area contributed by atoms with Crippen molar-refractivity contribution in [3.63, 3.8) is 0 Å². The number of rotatable bonds is 5. The topological polar surface area (TPSA) is 171 Å². The van der Waals surface area contributed by atoms with E-state index in [0.717, 1.165) is 11.3 Å². The molecular weight excluding hydrogens is 394 g/mol. The van der Waals surface area contributed by atoms with Crippen molar-refractivity contribution in [3.8, 4) is 0 Å². The van der Waals surface area contributed by atoms with Crippen LogP contribution < -0.4 is 16.0 Å². The number of hydrogen-bond acceptors (Lipinski definition) is 7. The molecule has 1 fully saturated rings. The van der Waals surface area contributed by atoms with Crippen LogP contribution in [0.2, 0.25) is 0 Å². The Hall–Kier alpha value is -2.99. The minimum atomic E-state index is -1.72. The minimum Gasteiger partial charge on any atom is -0.478 e. The van der Waals surface area contributed by atoms with Crippen molar-refractivity contribution >= 4 is 46.0 Å². The Morgan fingerprint density at radius 3 is 2.61 bits per heavy atom. The monoisotopic (exact) mass is 411 g/mol. The number of nitrogens with one attached hydrogen (secondary N) is 3. The van der Waals surface area contributed by atoms with E-state index < -0.39 is 30.0 Å². The number of hydrogen-bond donors (Lipinski definition) is 5. The quantitative estimate of drug-likeness (QED) is 0.396. The summed E-state index contributed by atoms with van der Waals surface area (Å²) in [6, 6.07) is -0.583. The van der Waals surface area contributed by atoms with Crippen LogP contribution in [-0.4, -0.2) is 58.6 Å². The van der Waals surface area contributed by atoms with E-state index in [4.69, 9.17) is 9.84 Å². The first-order valence-electron chi connectivity index (χ1n) is 8.37. The standard InChI is InChI=1S/C16H17N3O8S/c20-10-2-1-8(18-10)12(21)17-4-6-3-7-9(5-27-6)28-14(11(7)15(23)24)19-13(22)16(25)26/h6,8H,1-5H2,(H,17,21)(H,18,20)(H,19,22)(H,23,24)(H,25,26). The largest absolute Gasteiger partial charge is 0.478 e. The van der Waals surface area contributed by atoms with Crippen LogP contribution in [0.25, 0.3) is 0 Å². The molecule has 1 saturated heterocycles. The third-order valence-corrected chi connectivity index (χ3v) is 5.54. The minimum absolute atomic E-state index is 0.0631. The first-order valence-corrected chi connectivity index (χ1v) is 9.18. The number of anilines is 1. The van der Waals surface area contributed by atoms with Gasteiger partial charge in [0.25, 0.3) is 0 Å². The van der Waals surface area contributed by atoms with E-state index >= 15 is 0 Å². The summed E-state index contributed by atoms with van der Waals surface area (Å²) in [5.41, 5.74) is 0.273. The number of aliphatic carboxylic acids is 1. The summed E-state index contributed by atoms with van der Waals surface area (Å²) < 4.78 is 5.63. The van der Waals surface area contributed by atoms with E-state index in [1.807, 2.05) is 0 Å². The summed E-state index contributed by atoms with van der Waals surface area (Å²) in [4.78, 5) is 57.6. The molecule has 2 aliphatic rings. The third-order valence-electron chi connectivity index (χ3n) is 4.42. The highest BCUT2D eigenvalue weighted by molar-refractivity contribution is 7.17. The predicted octanol–water partition coefficient (Wildman–Crippen LogP) is -0.694. The Bertz CT molecular complexity index is 864. The molecule has 11 nitrogen and oxygen atoms in total. The van der Waals surface area contributed by atoms with Gasteiger partial charge in [-0.05, 0) is 12.0 Å². The fourth-order valence-electron chi connectivity index (χ4n) is 3.08. The highest BCUT2D eigenvalue weighted by Gasteiger charge is 2.32. The maximum absolute atomic E-state index is 12.1. The normalized spacial score (nSPS) is 20.8. The number of carboxylic acid groups (broad SMARTS) is 2. The van der Waals surface area contributed by atoms with Gasteiger partial charge < -0.3 is 30.9 Å². The van der Waals surface area contributed by atoms with Gasteiger partial charge in [-0.3, -0.25) is 14.4 Å². The van der Waals surface area contributed by atoms with Crippen LogP contribution in [0.1, 0.15) is 33.6 Å². The van der Waals surface area contributed by atoms with Gasteiger partial charge in [0, 0.05) is 24.3 Å². The summed E-state index contributed by atoms with van der Waals surface area (Å²) in [6.07, 6.45) is 0.390. The van der Waals surface area contributed by atoms with Gasteiger partial charge in [0.1, 0.15) is 11.0 Å². The molecule has 5 N–H and O–H groups in total. The molecule has 12 heteroatoms. The second kappa shape index (κ2) is 7.94. The van der Waals surface area contributed by atoms with Gasteiger partial charge in [-0.1, -0.05) is 0 Å². The average Bonchev–Trinajstić information content (AvgIpc) is 3.22. The molecule has 0 aromatic carbocycles. The molecule has 3 rings (SSSR count). The summed E-state index contributed by atoms with van der Waals surface area (Å²) in [5, 5.41) is 25.5. The lowest BCUT2D eigenvalue weighted by Gasteiger charge is -2.24. The van der Waals surface area contributed by atoms with E-state index in [0.29, 0.717) is 23.3 Å². The molecule has 2 atom stereocenters. The zero-order valence-corrected chi connectivity index (χ0v) is 15.3. The molecular formula is C16H17N3O8S. The van der Waals surface area contributed by atoms with Gasteiger partial charge in [0.05, 0.1) is 18.3 Å². The van der Waals surface area contributed by atoms with Gasteiger partial charge in [-0.2, -0.15) is 0 Å². The van der Waals surface area contributed by atoms with Crippen LogP contribution in [0, 0.1) is 0 Å². The summed E-state index contributed by atoms with van der Waals surface area (Å²) in [6.45, 7) is 0.195. The Morgan fingerprint density at radius 1 is 1.25 bits per heavy atom. The van der Waals surface area contributed by atoms with Crippen molar-refractivity contribution in [3.05, 3.63) is 16.0 Å². The molecule has 0 spiro atoms. The van der Waals surface area contributed by atoms with Crippen molar-refractivity contribution in [2.75, 3.05) is 11.9 Å². The van der Waals surface area contributed by atoms with E-state index in [9.17, 15) is 29.1 Å². The van der Waals surface area contributed by atoms with Crippen molar-refractivity contribution in [1.29, 1.82) is 0 Å². The Kier molecular flexibility index (Phi) is 5.61. The Labute approximate surface area is 162 Å². The molecule has 0 aliphatic carbocycles. The molecule has 3 heterocycles. The first kappa shape index (κ1) is 19.8. The third kappa shape index (κ3) is 4.12. The lowest BCUT2D eigenvalue weighted by atomic mass is 10.0. The molecule has 28 heavy (non-hydrogen) atoms. The van der Waals surface area contributed by atoms with Crippen LogP contribution in [0.3, 0.4) is 0 Å². The van der Waals surface area contributed by atoms with Crippen LogP contribution in [0.4, 0.5) is 5.00 Å². The zero-order chi connectivity index (χ0) is 20.4. The predicted molar refractivity (Wildman–Crippen MR) is 94.0 cm³/mol. The molecule has 0 bridgehead atoms. The van der Waals surface area contributed by atoms with E-state index in [2.05, 4.69) is 16.0 Å². The number of amides is 3. The number of carboxylic acids is 2. The summed E-state index contributed by atoms with van der Waals surface area (Å²) in [5.74, 6) is -4.86. The number of carbonyl (C=O) groups is 5. The smallest absolute Gasteiger partial charge is 0.394 e. The second-order valence-corrected chi connectivity index (χ2v) is 7.42. The van der Waals surface area contributed by atoms with E-state index in [1.165, 1.54) is 0 Å². The van der Waals surface area contributed by atoms with Crippen LogP contribution >= 0.6 is 11.3 Å². The lowest BCUT2D eigenvalue weighted by molar-refractivity contribution is -0.147. The lowest BCUT2D eigenvalue weighted by Crippen LogP contribution is -2.45. The van der Waals surface area contributed by atoms with Crippen LogP contribution in [-0.2, 0) is 36.9 Å². The number of fused-ring (bicyclic) bond motifs is 1.